The first-order chi connectivity index (χ1) is 8.26. The highest BCUT2D eigenvalue weighted by Crippen LogP contribution is 2.10. The molecule has 1 aromatic rings. The first kappa shape index (κ1) is 13.2. The van der Waals surface area contributed by atoms with Gasteiger partial charge in [-0.25, -0.2) is 0 Å². The average Bonchev–Trinajstić information content (AvgIpc) is 2.35. The van der Waals surface area contributed by atoms with Gasteiger partial charge in [-0.3, -0.25) is 4.79 Å². The van der Waals surface area contributed by atoms with Gasteiger partial charge in [0, 0.05) is 25.3 Å². The van der Waals surface area contributed by atoms with Crippen LogP contribution in [-0.4, -0.2) is 19.1 Å². The van der Waals surface area contributed by atoms with Gasteiger partial charge >= 0.3 is 0 Å². The second kappa shape index (κ2) is 7.42. The van der Waals surface area contributed by atoms with E-state index >= 15 is 0 Å². The van der Waals surface area contributed by atoms with Crippen LogP contribution in [0.3, 0.4) is 0 Å². The highest BCUT2D eigenvalue weighted by molar-refractivity contribution is 5.90. The number of carbonyl (C=O) groups is 1. The maximum absolute atomic E-state index is 11.5. The molecule has 17 heavy (non-hydrogen) atoms. The number of nitrogens with zero attached hydrogens (tertiary/aromatic N) is 1. The van der Waals surface area contributed by atoms with Crippen molar-refractivity contribution in [3.8, 4) is 6.07 Å². The van der Waals surface area contributed by atoms with Crippen LogP contribution in [0.5, 0.6) is 0 Å². The number of nitriles is 1. The summed E-state index contributed by atoms with van der Waals surface area (Å²) in [5.41, 5.74) is 1.20. The Labute approximate surface area is 101 Å². The number of amides is 1. The SMILES string of the molecule is CCOCCCC(=O)Nc1cccc(C#N)c1. The zero-order chi connectivity index (χ0) is 12.5. The van der Waals surface area contributed by atoms with Gasteiger partial charge in [-0.2, -0.15) is 5.26 Å². The second-order valence-corrected chi connectivity index (χ2v) is 3.54. The summed E-state index contributed by atoms with van der Waals surface area (Å²) in [4.78, 5) is 11.5. The lowest BCUT2D eigenvalue weighted by Crippen LogP contribution is -2.12. The fourth-order valence-electron chi connectivity index (χ4n) is 1.37. The molecule has 4 nitrogen and oxygen atoms in total. The van der Waals surface area contributed by atoms with E-state index in [2.05, 4.69) is 5.32 Å². The summed E-state index contributed by atoms with van der Waals surface area (Å²) in [6.45, 7) is 3.20. The van der Waals surface area contributed by atoms with Gasteiger partial charge < -0.3 is 10.1 Å². The number of ether oxygens (including phenoxy) is 1. The molecule has 0 spiro atoms. The number of nitrogens with one attached hydrogen (secondary N) is 1. The van der Waals surface area contributed by atoms with E-state index in [0.717, 1.165) is 0 Å². The van der Waals surface area contributed by atoms with Gasteiger partial charge in [-0.1, -0.05) is 6.07 Å². The molecule has 0 aliphatic carbocycles. The van der Waals surface area contributed by atoms with Crippen molar-refractivity contribution in [2.24, 2.45) is 0 Å². The molecule has 0 saturated heterocycles. The molecule has 0 aliphatic rings. The van der Waals surface area contributed by atoms with Crippen LogP contribution >= 0.6 is 0 Å². The summed E-state index contributed by atoms with van der Waals surface area (Å²) in [6, 6.07) is 8.89. The topological polar surface area (TPSA) is 62.1 Å². The first-order valence-corrected chi connectivity index (χ1v) is 5.64. The maximum atomic E-state index is 11.5. The van der Waals surface area contributed by atoms with Gasteiger partial charge in [0.25, 0.3) is 0 Å². The average molecular weight is 232 g/mol. The standard InChI is InChI=1S/C13H16N2O2/c1-2-17-8-4-7-13(16)15-12-6-3-5-11(9-12)10-14/h3,5-6,9H,2,4,7-8H2,1H3,(H,15,16). The molecule has 0 aliphatic heterocycles. The smallest absolute Gasteiger partial charge is 0.224 e. The summed E-state index contributed by atoms with van der Waals surface area (Å²) < 4.78 is 5.15. The Balaban J connectivity index is 2.37. The van der Waals surface area contributed by atoms with E-state index in [-0.39, 0.29) is 5.91 Å². The van der Waals surface area contributed by atoms with Crippen molar-refractivity contribution in [2.75, 3.05) is 18.5 Å². The van der Waals surface area contributed by atoms with Crippen LogP contribution in [-0.2, 0) is 9.53 Å². The van der Waals surface area contributed by atoms with Crippen LogP contribution < -0.4 is 5.32 Å². The first-order valence-electron chi connectivity index (χ1n) is 5.64. The summed E-state index contributed by atoms with van der Waals surface area (Å²) in [6.07, 6.45) is 1.13. The van der Waals surface area contributed by atoms with Gasteiger partial charge in [0.15, 0.2) is 0 Å². The van der Waals surface area contributed by atoms with Crippen LogP contribution in [0, 0.1) is 11.3 Å². The molecule has 0 atom stereocenters. The number of hydrogen-bond donors (Lipinski definition) is 1. The van der Waals surface area contributed by atoms with E-state index in [9.17, 15) is 4.79 Å². The largest absolute Gasteiger partial charge is 0.382 e. The normalized spacial score (nSPS) is 9.65. The third-order valence-corrected chi connectivity index (χ3v) is 2.17. The van der Waals surface area contributed by atoms with Gasteiger partial charge in [-0.15, -0.1) is 0 Å². The van der Waals surface area contributed by atoms with Crippen molar-refractivity contribution >= 4 is 11.6 Å². The van der Waals surface area contributed by atoms with Crippen molar-refractivity contribution in [3.63, 3.8) is 0 Å². The molecule has 1 N–H and O–H groups in total. The number of benzene rings is 1. The number of hydrogen-bond acceptors (Lipinski definition) is 3. The van der Waals surface area contributed by atoms with Crippen LogP contribution in [0.2, 0.25) is 0 Å². The van der Waals surface area contributed by atoms with E-state index < -0.39 is 0 Å². The lowest BCUT2D eigenvalue weighted by molar-refractivity contribution is -0.116. The molecular formula is C13H16N2O2. The summed E-state index contributed by atoms with van der Waals surface area (Å²) in [7, 11) is 0. The zero-order valence-electron chi connectivity index (χ0n) is 9.90. The van der Waals surface area contributed by atoms with Gasteiger partial charge in [0.2, 0.25) is 5.91 Å². The molecule has 0 fully saturated rings. The van der Waals surface area contributed by atoms with Crippen LogP contribution in [0.25, 0.3) is 0 Å². The van der Waals surface area contributed by atoms with Crippen molar-refractivity contribution in [3.05, 3.63) is 29.8 Å². The Morgan fingerprint density at radius 3 is 3.06 bits per heavy atom. The van der Waals surface area contributed by atoms with Crippen LogP contribution in [0.15, 0.2) is 24.3 Å². The maximum Gasteiger partial charge on any atom is 0.224 e. The number of rotatable bonds is 6. The highest BCUT2D eigenvalue weighted by Gasteiger charge is 2.02. The Morgan fingerprint density at radius 2 is 2.35 bits per heavy atom. The Bertz CT molecular complexity index is 410. The predicted octanol–water partition coefficient (Wildman–Crippen LogP) is 2.31. The zero-order valence-corrected chi connectivity index (χ0v) is 9.90. The minimum atomic E-state index is -0.0557. The van der Waals surface area contributed by atoms with E-state index in [0.29, 0.717) is 37.3 Å². The lowest BCUT2D eigenvalue weighted by atomic mass is 10.2. The van der Waals surface area contributed by atoms with Crippen molar-refractivity contribution in [1.82, 2.24) is 0 Å². The summed E-state index contributed by atoms with van der Waals surface area (Å²) in [5, 5.41) is 11.5. The Kier molecular flexibility index (Phi) is 5.76. The molecular weight excluding hydrogens is 216 g/mol. The monoisotopic (exact) mass is 232 g/mol. The number of anilines is 1. The molecule has 0 saturated carbocycles. The summed E-state index contributed by atoms with van der Waals surface area (Å²) >= 11 is 0. The van der Waals surface area contributed by atoms with E-state index in [1.165, 1.54) is 0 Å². The minimum absolute atomic E-state index is 0.0557. The van der Waals surface area contributed by atoms with Crippen LogP contribution in [0.1, 0.15) is 25.3 Å². The minimum Gasteiger partial charge on any atom is -0.382 e. The third kappa shape index (κ3) is 5.14. The fourth-order valence-corrected chi connectivity index (χ4v) is 1.37. The second-order valence-electron chi connectivity index (χ2n) is 3.54. The lowest BCUT2D eigenvalue weighted by Gasteiger charge is -2.05. The fraction of sp³-hybridized carbons (Fsp3) is 0.385. The van der Waals surface area contributed by atoms with E-state index in [1.807, 2.05) is 13.0 Å². The van der Waals surface area contributed by atoms with Crippen LogP contribution in [0.4, 0.5) is 5.69 Å². The van der Waals surface area contributed by atoms with Crippen molar-refractivity contribution < 1.29 is 9.53 Å². The molecule has 0 aromatic heterocycles. The molecule has 0 unspecified atom stereocenters. The van der Waals surface area contributed by atoms with Crippen molar-refractivity contribution in [2.45, 2.75) is 19.8 Å². The molecule has 0 bridgehead atoms. The van der Waals surface area contributed by atoms with Gasteiger partial charge in [0.05, 0.1) is 11.6 Å². The molecule has 1 rings (SSSR count). The highest BCUT2D eigenvalue weighted by atomic mass is 16.5. The number of carbonyl (C=O) groups excluding carboxylic acids is 1. The molecule has 4 heteroatoms. The predicted molar refractivity (Wildman–Crippen MR) is 65.5 cm³/mol. The van der Waals surface area contributed by atoms with Crippen molar-refractivity contribution in [1.29, 1.82) is 5.26 Å². The quantitative estimate of drug-likeness (QED) is 0.765. The molecule has 1 amide bonds. The molecule has 90 valence electrons. The van der Waals surface area contributed by atoms with E-state index in [1.54, 1.807) is 24.3 Å². The Morgan fingerprint density at radius 1 is 1.53 bits per heavy atom. The van der Waals surface area contributed by atoms with E-state index in [4.69, 9.17) is 10.00 Å². The third-order valence-electron chi connectivity index (χ3n) is 2.17. The molecule has 0 heterocycles. The molecule has 0 radical (unpaired) electrons. The molecule has 1 aromatic carbocycles. The van der Waals surface area contributed by atoms with Gasteiger partial charge in [0.1, 0.15) is 0 Å². The summed E-state index contributed by atoms with van der Waals surface area (Å²) in [5.74, 6) is -0.0557. The Hall–Kier alpha value is -1.86. The van der Waals surface area contributed by atoms with Gasteiger partial charge in [-0.05, 0) is 31.5 Å².